The monoisotopic (exact) mass is 384 g/mol. The molecule has 0 spiro atoms. The number of pyridine rings is 1. The van der Waals surface area contributed by atoms with E-state index < -0.39 is 15.6 Å². The first kappa shape index (κ1) is 18.7. The van der Waals surface area contributed by atoms with E-state index in [1.807, 2.05) is 31.2 Å². The highest BCUT2D eigenvalue weighted by molar-refractivity contribution is 7.92. The van der Waals surface area contributed by atoms with Gasteiger partial charge in [0.05, 0.1) is 18.6 Å². The van der Waals surface area contributed by atoms with E-state index in [-0.39, 0.29) is 10.6 Å². The highest BCUT2D eigenvalue weighted by Crippen LogP contribution is 2.15. The smallest absolute Gasteiger partial charge is 0.275 e. The Bertz CT molecular complexity index is 1090. The number of ether oxygens (including phenoxy) is 1. The van der Waals surface area contributed by atoms with Crippen molar-refractivity contribution in [1.82, 2.24) is 4.57 Å². The first-order valence-corrected chi connectivity index (χ1v) is 9.79. The summed E-state index contributed by atoms with van der Waals surface area (Å²) in [6.45, 7) is 2.20. The van der Waals surface area contributed by atoms with Crippen LogP contribution in [-0.4, -0.2) is 20.1 Å². The van der Waals surface area contributed by atoms with Crippen LogP contribution in [0.3, 0.4) is 0 Å². The van der Waals surface area contributed by atoms with E-state index in [0.29, 0.717) is 6.54 Å². The van der Waals surface area contributed by atoms with Crippen LogP contribution in [0.5, 0.6) is 5.75 Å². The van der Waals surface area contributed by atoms with Crippen LogP contribution in [0.1, 0.15) is 11.1 Å². The van der Waals surface area contributed by atoms with Crippen LogP contribution in [0.25, 0.3) is 0 Å². The summed E-state index contributed by atoms with van der Waals surface area (Å²) in [5.74, 6) is 0.728. The number of aromatic nitrogens is 1. The molecule has 0 aliphatic heterocycles. The van der Waals surface area contributed by atoms with Gasteiger partial charge in [-0.1, -0.05) is 29.8 Å². The molecular weight excluding hydrogens is 364 g/mol. The van der Waals surface area contributed by atoms with Crippen LogP contribution in [-0.2, 0) is 16.6 Å². The molecule has 0 saturated heterocycles. The second kappa shape index (κ2) is 7.67. The second-order valence-corrected chi connectivity index (χ2v) is 7.80. The number of hydrogen-bond donors (Lipinski definition) is 1. The van der Waals surface area contributed by atoms with E-state index in [4.69, 9.17) is 4.74 Å². The summed E-state index contributed by atoms with van der Waals surface area (Å²) in [5, 5.41) is 0. The Hall–Kier alpha value is -3.06. The van der Waals surface area contributed by atoms with Crippen molar-refractivity contribution in [2.45, 2.75) is 18.4 Å². The molecule has 3 rings (SSSR count). The lowest BCUT2D eigenvalue weighted by molar-refractivity contribution is 0.414. The topological polar surface area (TPSA) is 77.4 Å². The fraction of sp³-hybridized carbons (Fsp3) is 0.150. The number of hydrogen-bond acceptors (Lipinski definition) is 4. The number of nitrogens with one attached hydrogen (secondary N) is 1. The fourth-order valence-corrected chi connectivity index (χ4v) is 3.64. The van der Waals surface area contributed by atoms with Crippen molar-refractivity contribution >= 4 is 15.7 Å². The van der Waals surface area contributed by atoms with Crippen LogP contribution >= 0.6 is 0 Å². The third-order valence-corrected chi connectivity index (χ3v) is 5.49. The van der Waals surface area contributed by atoms with Crippen molar-refractivity contribution in [3.8, 4) is 5.75 Å². The van der Waals surface area contributed by atoms with Gasteiger partial charge in [0.15, 0.2) is 0 Å². The normalized spacial score (nSPS) is 11.2. The van der Waals surface area contributed by atoms with Gasteiger partial charge in [-0.05, 0) is 48.9 Å². The van der Waals surface area contributed by atoms with Gasteiger partial charge in [0.1, 0.15) is 11.4 Å². The highest BCUT2D eigenvalue weighted by Gasteiger charge is 2.16. The van der Waals surface area contributed by atoms with Crippen molar-refractivity contribution in [2.75, 3.05) is 11.8 Å². The zero-order valence-corrected chi connectivity index (χ0v) is 15.9. The Morgan fingerprint density at radius 1 is 1.00 bits per heavy atom. The third kappa shape index (κ3) is 4.38. The number of benzene rings is 2. The quantitative estimate of drug-likeness (QED) is 0.709. The average molecular weight is 384 g/mol. The summed E-state index contributed by atoms with van der Waals surface area (Å²) in [6, 6.07) is 16.9. The van der Waals surface area contributed by atoms with Gasteiger partial charge in [0.25, 0.3) is 15.6 Å². The largest absolute Gasteiger partial charge is 0.497 e. The minimum absolute atomic E-state index is 0.00610. The maximum atomic E-state index is 12.7. The molecule has 2 aromatic carbocycles. The van der Waals surface area contributed by atoms with Gasteiger partial charge >= 0.3 is 0 Å². The molecule has 3 aromatic rings. The van der Waals surface area contributed by atoms with Gasteiger partial charge in [-0.2, -0.15) is 0 Å². The number of rotatable bonds is 6. The van der Waals surface area contributed by atoms with Gasteiger partial charge in [-0.25, -0.2) is 8.42 Å². The predicted octanol–water partition coefficient (Wildman–Crippen LogP) is 3.01. The molecule has 27 heavy (non-hydrogen) atoms. The Balaban J connectivity index is 1.86. The maximum Gasteiger partial charge on any atom is 0.275 e. The van der Waals surface area contributed by atoms with Crippen LogP contribution in [0, 0.1) is 6.92 Å². The summed E-state index contributed by atoms with van der Waals surface area (Å²) < 4.78 is 34.0. The van der Waals surface area contributed by atoms with Crippen molar-refractivity contribution in [3.63, 3.8) is 0 Å². The molecule has 0 saturated carbocycles. The molecule has 6 nitrogen and oxygen atoms in total. The molecule has 140 valence electrons. The Labute approximate surface area is 158 Å². The summed E-state index contributed by atoms with van der Waals surface area (Å²) >= 11 is 0. The number of sulfonamides is 1. The van der Waals surface area contributed by atoms with E-state index in [2.05, 4.69) is 4.72 Å². The molecule has 1 heterocycles. The number of nitrogens with zero attached hydrogens (tertiary/aromatic N) is 1. The summed E-state index contributed by atoms with van der Waals surface area (Å²) in [7, 11) is -2.24. The lowest BCUT2D eigenvalue weighted by atomic mass is 10.2. The molecule has 0 aliphatic rings. The Morgan fingerprint density at radius 3 is 2.30 bits per heavy atom. The van der Waals surface area contributed by atoms with Crippen LogP contribution in [0.15, 0.2) is 76.6 Å². The molecule has 0 aliphatic carbocycles. The summed E-state index contributed by atoms with van der Waals surface area (Å²) in [6.07, 6.45) is 1.62. The summed E-state index contributed by atoms with van der Waals surface area (Å²) in [4.78, 5) is 12.8. The average Bonchev–Trinajstić information content (AvgIpc) is 2.66. The second-order valence-electron chi connectivity index (χ2n) is 6.12. The standard InChI is InChI=1S/C20H20N2O4S/c1-15-5-11-18(12-6-15)27(24,25)21-19-4-3-13-22(20(19)23)14-16-7-9-17(26-2)10-8-16/h3-13,21H,14H2,1-2H3. The SMILES string of the molecule is COc1ccc(Cn2cccc(NS(=O)(=O)c3ccc(C)cc3)c2=O)cc1. The van der Waals surface area contributed by atoms with Crippen LogP contribution < -0.4 is 15.0 Å². The first-order valence-electron chi connectivity index (χ1n) is 8.31. The van der Waals surface area contributed by atoms with E-state index in [9.17, 15) is 13.2 Å². The van der Waals surface area contributed by atoms with E-state index in [1.54, 1.807) is 31.5 Å². The number of anilines is 1. The van der Waals surface area contributed by atoms with Crippen molar-refractivity contribution in [3.05, 3.63) is 88.3 Å². The molecule has 1 aromatic heterocycles. The van der Waals surface area contributed by atoms with E-state index in [0.717, 1.165) is 16.9 Å². The minimum Gasteiger partial charge on any atom is -0.497 e. The molecule has 0 amide bonds. The van der Waals surface area contributed by atoms with Crippen molar-refractivity contribution in [2.24, 2.45) is 0 Å². The molecule has 1 N–H and O–H groups in total. The van der Waals surface area contributed by atoms with Gasteiger partial charge in [-0.3, -0.25) is 9.52 Å². The lowest BCUT2D eigenvalue weighted by Gasteiger charge is -2.11. The van der Waals surface area contributed by atoms with Gasteiger partial charge < -0.3 is 9.30 Å². The lowest BCUT2D eigenvalue weighted by Crippen LogP contribution is -2.26. The predicted molar refractivity (Wildman–Crippen MR) is 105 cm³/mol. The van der Waals surface area contributed by atoms with Gasteiger partial charge in [0.2, 0.25) is 0 Å². The fourth-order valence-electron chi connectivity index (χ4n) is 2.59. The molecule has 0 unspecified atom stereocenters. The number of aryl methyl sites for hydroxylation is 1. The van der Waals surface area contributed by atoms with Gasteiger partial charge in [0, 0.05) is 6.20 Å². The highest BCUT2D eigenvalue weighted by atomic mass is 32.2. The molecule has 7 heteroatoms. The van der Waals surface area contributed by atoms with E-state index in [1.165, 1.54) is 22.8 Å². The molecule has 0 radical (unpaired) electrons. The zero-order valence-electron chi connectivity index (χ0n) is 15.0. The Kier molecular flexibility index (Phi) is 5.32. The Morgan fingerprint density at radius 2 is 1.67 bits per heavy atom. The molecular formula is C20H20N2O4S. The molecule has 0 fully saturated rings. The van der Waals surface area contributed by atoms with E-state index >= 15 is 0 Å². The number of methoxy groups -OCH3 is 1. The molecule has 0 bridgehead atoms. The van der Waals surface area contributed by atoms with Gasteiger partial charge in [-0.15, -0.1) is 0 Å². The maximum absolute atomic E-state index is 12.7. The van der Waals surface area contributed by atoms with Crippen LogP contribution in [0.4, 0.5) is 5.69 Å². The molecule has 0 atom stereocenters. The minimum atomic E-state index is -3.83. The zero-order chi connectivity index (χ0) is 19.4. The van der Waals surface area contributed by atoms with Crippen LogP contribution in [0.2, 0.25) is 0 Å². The van der Waals surface area contributed by atoms with Crippen molar-refractivity contribution in [1.29, 1.82) is 0 Å². The summed E-state index contributed by atoms with van der Waals surface area (Å²) in [5.41, 5.74) is 1.45. The third-order valence-electron chi connectivity index (χ3n) is 4.11. The first-order chi connectivity index (χ1) is 12.9. The van der Waals surface area contributed by atoms with Crippen molar-refractivity contribution < 1.29 is 13.2 Å².